The Kier molecular flexibility index (Phi) is 7.43. The van der Waals surface area contributed by atoms with Gasteiger partial charge in [-0.2, -0.15) is 23.7 Å². The number of hydrogen-bond donors (Lipinski definition) is 0. The third kappa shape index (κ3) is 4.91. The van der Waals surface area contributed by atoms with Crippen molar-refractivity contribution in [3.8, 4) is 12.1 Å². The number of alkyl halides is 3. The Balaban J connectivity index is 2.23. The molecule has 2 aromatic rings. The number of urea groups is 1. The number of rotatable bonds is 6. The number of carbonyl (C=O) groups excluding carboxylic acids is 1. The summed E-state index contributed by atoms with van der Waals surface area (Å²) in [5.41, 5.74) is -0.914. The molecule has 0 aromatic heterocycles. The van der Waals surface area contributed by atoms with E-state index in [9.17, 15) is 36.9 Å². The van der Waals surface area contributed by atoms with E-state index in [1.807, 2.05) is 12.1 Å². The van der Waals surface area contributed by atoms with E-state index in [-0.39, 0.29) is 39.6 Å². The molecule has 0 bridgehead atoms. The lowest BCUT2D eigenvalue weighted by molar-refractivity contribution is -0.137. The normalized spacial score (nSPS) is 16.7. The first-order chi connectivity index (χ1) is 16.9. The zero-order valence-electron chi connectivity index (χ0n) is 19.5. The monoisotopic (exact) mass is 518 g/mol. The van der Waals surface area contributed by atoms with Crippen LogP contribution in [0.5, 0.6) is 0 Å². The fraction of sp³-hybridized carbons (Fsp3) is 0.292. The Morgan fingerprint density at radius 1 is 1.11 bits per heavy atom. The maximum absolute atomic E-state index is 13.4. The summed E-state index contributed by atoms with van der Waals surface area (Å²) in [6.07, 6.45) is -4.65. The summed E-state index contributed by atoms with van der Waals surface area (Å²) < 4.78 is 70.9. The highest BCUT2D eigenvalue weighted by Crippen LogP contribution is 2.41. The van der Waals surface area contributed by atoms with Crippen molar-refractivity contribution in [2.45, 2.75) is 24.0 Å². The Morgan fingerprint density at radius 3 is 2.39 bits per heavy atom. The third-order valence-electron chi connectivity index (χ3n) is 5.76. The van der Waals surface area contributed by atoms with Gasteiger partial charge < -0.3 is 9.64 Å². The molecule has 1 atom stereocenters. The van der Waals surface area contributed by atoms with E-state index in [4.69, 9.17) is 4.74 Å². The number of allylic oxidation sites excluding steroid dienone is 1. The number of likely N-dealkylation sites (N-methyl/N-ethyl adjacent to an activating group) is 1. The van der Waals surface area contributed by atoms with Crippen LogP contribution in [0, 0.1) is 22.7 Å². The van der Waals surface area contributed by atoms with Crippen molar-refractivity contribution in [3.05, 3.63) is 70.4 Å². The van der Waals surface area contributed by atoms with Crippen LogP contribution in [-0.4, -0.2) is 45.9 Å². The first-order valence-electron chi connectivity index (χ1n) is 10.5. The number of ether oxygens (including phenoxy) is 1. The van der Waals surface area contributed by atoms with E-state index in [0.29, 0.717) is 0 Å². The second-order valence-electron chi connectivity index (χ2n) is 7.97. The molecule has 1 aliphatic heterocycles. The van der Waals surface area contributed by atoms with E-state index in [1.165, 1.54) is 45.3 Å². The Hall–Kier alpha value is -3.87. The Bertz CT molecular complexity index is 1420. The van der Waals surface area contributed by atoms with Gasteiger partial charge in [0.25, 0.3) is 0 Å². The molecule has 2 amide bonds. The molecule has 0 aliphatic carbocycles. The molecule has 0 saturated carbocycles. The van der Waals surface area contributed by atoms with Gasteiger partial charge in [-0.3, -0.25) is 4.90 Å². The molecule has 0 spiro atoms. The van der Waals surface area contributed by atoms with Crippen LogP contribution in [-0.2, 0) is 20.8 Å². The van der Waals surface area contributed by atoms with Gasteiger partial charge in [-0.15, -0.1) is 0 Å². The highest BCUT2D eigenvalue weighted by atomic mass is 32.2. The number of halogens is 3. The Labute approximate surface area is 206 Å². The SMILES string of the molecule is COCCS(=O)(=O)c1cc(C#N)ccc1[C@@H]1C(C#N)=C(C)N(c2cccc(C(F)(F)F)c2)C(=O)N1C. The lowest BCUT2D eigenvalue weighted by Gasteiger charge is -2.40. The van der Waals surface area contributed by atoms with Gasteiger partial charge in [0, 0.05) is 19.9 Å². The second kappa shape index (κ2) is 10.0. The first-order valence-corrected chi connectivity index (χ1v) is 12.1. The van der Waals surface area contributed by atoms with E-state index in [1.54, 1.807) is 0 Å². The van der Waals surface area contributed by atoms with Crippen molar-refractivity contribution in [3.63, 3.8) is 0 Å². The second-order valence-corrected chi connectivity index (χ2v) is 10.0. The van der Waals surface area contributed by atoms with Gasteiger partial charge in [-0.05, 0) is 42.8 Å². The lowest BCUT2D eigenvalue weighted by atomic mass is 9.93. The smallest absolute Gasteiger partial charge is 0.384 e. The highest BCUT2D eigenvalue weighted by Gasteiger charge is 2.41. The molecule has 2 aromatic carbocycles. The molecule has 0 saturated heterocycles. The van der Waals surface area contributed by atoms with Crippen LogP contribution in [0.4, 0.5) is 23.7 Å². The molecule has 0 N–H and O–H groups in total. The van der Waals surface area contributed by atoms with Crippen molar-refractivity contribution in [1.82, 2.24) is 4.90 Å². The molecule has 0 unspecified atom stereocenters. The average Bonchev–Trinajstić information content (AvgIpc) is 2.84. The van der Waals surface area contributed by atoms with Crippen LogP contribution in [0.25, 0.3) is 0 Å². The lowest BCUT2D eigenvalue weighted by Crippen LogP contribution is -2.47. The van der Waals surface area contributed by atoms with E-state index in [0.717, 1.165) is 28.0 Å². The molecule has 8 nitrogen and oxygen atoms in total. The Morgan fingerprint density at radius 2 is 1.81 bits per heavy atom. The minimum absolute atomic E-state index is 0.0394. The number of sulfone groups is 1. The van der Waals surface area contributed by atoms with Gasteiger partial charge >= 0.3 is 12.2 Å². The summed E-state index contributed by atoms with van der Waals surface area (Å²) in [4.78, 5) is 15.2. The topological polar surface area (TPSA) is 114 Å². The van der Waals surface area contributed by atoms with Crippen molar-refractivity contribution >= 4 is 21.6 Å². The van der Waals surface area contributed by atoms with Crippen LogP contribution in [0.1, 0.15) is 29.7 Å². The largest absolute Gasteiger partial charge is 0.416 e. The molecule has 12 heteroatoms. The summed E-state index contributed by atoms with van der Waals surface area (Å²) in [5, 5.41) is 19.3. The van der Waals surface area contributed by atoms with Crippen molar-refractivity contribution in [2.75, 3.05) is 31.4 Å². The average molecular weight is 519 g/mol. The number of benzene rings is 2. The zero-order valence-corrected chi connectivity index (χ0v) is 20.3. The molecule has 0 fully saturated rings. The first kappa shape index (κ1) is 26.7. The highest BCUT2D eigenvalue weighted by molar-refractivity contribution is 7.91. The predicted octanol–water partition coefficient (Wildman–Crippen LogP) is 4.41. The number of hydrogen-bond acceptors (Lipinski definition) is 6. The minimum Gasteiger partial charge on any atom is -0.384 e. The summed E-state index contributed by atoms with van der Waals surface area (Å²) >= 11 is 0. The summed E-state index contributed by atoms with van der Waals surface area (Å²) in [6.45, 7) is 1.28. The van der Waals surface area contributed by atoms with E-state index >= 15 is 0 Å². The number of nitriles is 2. The molecule has 36 heavy (non-hydrogen) atoms. The molecule has 188 valence electrons. The molecular formula is C24H21F3N4O4S. The maximum Gasteiger partial charge on any atom is 0.416 e. The van der Waals surface area contributed by atoms with Crippen LogP contribution in [0.2, 0.25) is 0 Å². The van der Waals surface area contributed by atoms with Crippen LogP contribution in [0.3, 0.4) is 0 Å². The van der Waals surface area contributed by atoms with Crippen molar-refractivity contribution in [2.24, 2.45) is 0 Å². The van der Waals surface area contributed by atoms with Gasteiger partial charge in [-0.1, -0.05) is 12.1 Å². The number of methoxy groups -OCH3 is 1. The van der Waals surface area contributed by atoms with Crippen LogP contribution >= 0.6 is 0 Å². The number of carbonyl (C=O) groups is 1. The maximum atomic E-state index is 13.4. The molecule has 0 radical (unpaired) electrons. The third-order valence-corrected chi connectivity index (χ3v) is 7.49. The minimum atomic E-state index is -4.65. The van der Waals surface area contributed by atoms with Gasteiger partial charge in [0.1, 0.15) is 0 Å². The van der Waals surface area contributed by atoms with Crippen LogP contribution < -0.4 is 4.90 Å². The van der Waals surface area contributed by atoms with Gasteiger partial charge in [-0.25, -0.2) is 13.2 Å². The zero-order chi connectivity index (χ0) is 26.8. The number of nitrogens with zero attached hydrogens (tertiary/aromatic N) is 4. The number of anilines is 1. The standard InChI is InChI=1S/C24H21F3N4O4S/c1-15-20(14-29)22(19-8-7-16(13-28)11-21(19)36(33,34)10-9-35-3)30(2)23(32)31(15)18-6-4-5-17(12-18)24(25,26)27/h4-8,11-12,22H,9-10H2,1-3H3/t22-/m1/s1. The summed E-state index contributed by atoms with van der Waals surface area (Å²) in [5.74, 6) is -0.406. The number of amides is 2. The van der Waals surface area contributed by atoms with Gasteiger partial charge in [0.05, 0.1) is 57.8 Å². The summed E-state index contributed by atoms with van der Waals surface area (Å²) in [7, 11) is -1.35. The predicted molar refractivity (Wildman–Crippen MR) is 123 cm³/mol. The van der Waals surface area contributed by atoms with E-state index in [2.05, 4.69) is 0 Å². The quantitative estimate of drug-likeness (QED) is 0.560. The van der Waals surface area contributed by atoms with Gasteiger partial charge in [0.2, 0.25) is 0 Å². The molecule has 3 rings (SSSR count). The fourth-order valence-corrected chi connectivity index (χ4v) is 5.41. The van der Waals surface area contributed by atoms with Crippen LogP contribution in [0.15, 0.2) is 58.6 Å². The van der Waals surface area contributed by atoms with Crippen molar-refractivity contribution in [1.29, 1.82) is 10.5 Å². The van der Waals surface area contributed by atoms with Gasteiger partial charge in [0.15, 0.2) is 9.84 Å². The molecule has 1 aliphatic rings. The molecule has 1 heterocycles. The fourth-order valence-electron chi connectivity index (χ4n) is 3.96. The van der Waals surface area contributed by atoms with Crippen molar-refractivity contribution < 1.29 is 31.1 Å². The summed E-state index contributed by atoms with van der Waals surface area (Å²) in [6, 6.07) is 9.95. The van der Waals surface area contributed by atoms with E-state index < -0.39 is 39.4 Å². The molecular weight excluding hydrogens is 497 g/mol.